The average molecular weight is 308 g/mol. The summed E-state index contributed by atoms with van der Waals surface area (Å²) < 4.78 is 0. The Hall–Kier alpha value is -0.740. The largest absolute Gasteiger partial charge is 0.367 e. The summed E-state index contributed by atoms with van der Waals surface area (Å²) >= 11 is 2.08. The van der Waals surface area contributed by atoms with Crippen molar-refractivity contribution in [3.63, 3.8) is 0 Å². The fraction of sp³-hybridized carbons (Fsp3) is 0.706. The van der Waals surface area contributed by atoms with E-state index in [-0.39, 0.29) is 5.54 Å². The van der Waals surface area contributed by atoms with Gasteiger partial charge in [0.05, 0.1) is 0 Å². The maximum Gasteiger partial charge on any atom is 0.0448 e. The number of anilines is 1. The monoisotopic (exact) mass is 307 g/mol. The minimum atomic E-state index is 0.124. The summed E-state index contributed by atoms with van der Waals surface area (Å²) in [5.41, 5.74) is 3.89. The van der Waals surface area contributed by atoms with Crippen molar-refractivity contribution in [2.24, 2.45) is 0 Å². The number of aromatic nitrogens is 1. The van der Waals surface area contributed by atoms with Crippen molar-refractivity contribution in [2.75, 3.05) is 17.2 Å². The summed E-state index contributed by atoms with van der Waals surface area (Å²) in [5, 5.41) is 4.27. The molecule has 2 unspecified atom stereocenters. The minimum Gasteiger partial charge on any atom is -0.367 e. The third-order valence-electron chi connectivity index (χ3n) is 4.10. The van der Waals surface area contributed by atoms with Crippen LogP contribution in [0.4, 0.5) is 5.69 Å². The van der Waals surface area contributed by atoms with E-state index in [0.29, 0.717) is 11.3 Å². The lowest BCUT2D eigenvalue weighted by Crippen LogP contribution is -2.45. The molecule has 1 fully saturated rings. The van der Waals surface area contributed by atoms with E-state index >= 15 is 0 Å². The van der Waals surface area contributed by atoms with Crippen LogP contribution in [0.3, 0.4) is 0 Å². The van der Waals surface area contributed by atoms with Gasteiger partial charge in [-0.3, -0.25) is 4.98 Å². The minimum absolute atomic E-state index is 0.124. The van der Waals surface area contributed by atoms with Gasteiger partial charge in [0, 0.05) is 58.8 Å². The molecule has 1 N–H and O–H groups in total. The van der Waals surface area contributed by atoms with Crippen molar-refractivity contribution in [1.82, 2.24) is 10.3 Å². The first kappa shape index (κ1) is 16.6. The van der Waals surface area contributed by atoms with E-state index in [1.54, 1.807) is 0 Å². The smallest absolute Gasteiger partial charge is 0.0448 e. The third-order valence-corrected chi connectivity index (χ3v) is 5.44. The van der Waals surface area contributed by atoms with E-state index in [1.165, 1.54) is 17.0 Å². The fourth-order valence-electron chi connectivity index (χ4n) is 2.61. The molecule has 0 saturated carbocycles. The second kappa shape index (κ2) is 6.57. The van der Waals surface area contributed by atoms with E-state index in [0.717, 1.165) is 18.8 Å². The van der Waals surface area contributed by atoms with Gasteiger partial charge in [0.1, 0.15) is 0 Å². The lowest BCUT2D eigenvalue weighted by atomic mass is 10.1. The molecule has 0 radical (unpaired) electrons. The number of pyridine rings is 1. The molecule has 1 saturated heterocycles. The van der Waals surface area contributed by atoms with Crippen molar-refractivity contribution in [2.45, 2.75) is 64.9 Å². The first-order valence-corrected chi connectivity index (χ1v) is 8.91. The number of nitrogens with one attached hydrogen (secondary N) is 1. The van der Waals surface area contributed by atoms with E-state index in [4.69, 9.17) is 0 Å². The number of hydrogen-bond donors (Lipinski definition) is 1. The average Bonchev–Trinajstić information content (AvgIpc) is 2.39. The van der Waals surface area contributed by atoms with Gasteiger partial charge < -0.3 is 10.2 Å². The summed E-state index contributed by atoms with van der Waals surface area (Å²) in [7, 11) is 0. The first-order valence-electron chi connectivity index (χ1n) is 7.87. The standard InChI is InChI=1S/C17H29N3S/c1-12-9-16(20-7-8-21-14(3)13(20)2)15(10-18-12)11-19-17(4,5)6/h9-10,13-14,19H,7-8,11H2,1-6H3. The lowest BCUT2D eigenvalue weighted by molar-refractivity contribution is 0.423. The highest BCUT2D eigenvalue weighted by atomic mass is 32.2. The molecule has 2 heterocycles. The van der Waals surface area contributed by atoms with E-state index in [2.05, 4.69) is 74.6 Å². The number of rotatable bonds is 3. The van der Waals surface area contributed by atoms with Crippen LogP contribution in [0.5, 0.6) is 0 Å². The molecule has 21 heavy (non-hydrogen) atoms. The van der Waals surface area contributed by atoms with Crippen LogP contribution >= 0.6 is 11.8 Å². The zero-order valence-electron chi connectivity index (χ0n) is 14.2. The molecule has 1 aliphatic heterocycles. The van der Waals surface area contributed by atoms with Crippen LogP contribution in [0, 0.1) is 6.92 Å². The van der Waals surface area contributed by atoms with Crippen LogP contribution in [0.25, 0.3) is 0 Å². The number of aryl methyl sites for hydroxylation is 1. The molecule has 1 aromatic heterocycles. The van der Waals surface area contributed by atoms with Crippen LogP contribution < -0.4 is 10.2 Å². The molecule has 0 spiro atoms. The molecule has 0 amide bonds. The summed E-state index contributed by atoms with van der Waals surface area (Å²) in [6.07, 6.45) is 2.04. The van der Waals surface area contributed by atoms with Crippen molar-refractivity contribution in [3.8, 4) is 0 Å². The topological polar surface area (TPSA) is 28.2 Å². The molecule has 0 aliphatic carbocycles. The van der Waals surface area contributed by atoms with Crippen LogP contribution in [0.1, 0.15) is 45.9 Å². The summed E-state index contributed by atoms with van der Waals surface area (Å²) in [4.78, 5) is 7.07. The molecular formula is C17H29N3S. The molecule has 4 heteroatoms. The maximum absolute atomic E-state index is 4.51. The highest BCUT2D eigenvalue weighted by Crippen LogP contribution is 2.31. The van der Waals surface area contributed by atoms with Gasteiger partial charge in [0.2, 0.25) is 0 Å². The Morgan fingerprint density at radius 2 is 2.10 bits per heavy atom. The maximum atomic E-state index is 4.51. The highest BCUT2D eigenvalue weighted by Gasteiger charge is 2.27. The Morgan fingerprint density at radius 1 is 1.38 bits per heavy atom. The van der Waals surface area contributed by atoms with Crippen molar-refractivity contribution in [3.05, 3.63) is 23.5 Å². The third kappa shape index (κ3) is 4.36. The molecule has 0 aromatic carbocycles. The number of nitrogens with zero attached hydrogens (tertiary/aromatic N) is 2. The van der Waals surface area contributed by atoms with Crippen LogP contribution in [0.2, 0.25) is 0 Å². The second-order valence-corrected chi connectivity index (χ2v) is 8.55. The highest BCUT2D eigenvalue weighted by molar-refractivity contribution is 8.00. The van der Waals surface area contributed by atoms with E-state index < -0.39 is 0 Å². The summed E-state index contributed by atoms with van der Waals surface area (Å²) in [6.45, 7) is 15.4. The van der Waals surface area contributed by atoms with Gasteiger partial charge in [-0.2, -0.15) is 11.8 Å². The van der Waals surface area contributed by atoms with Gasteiger partial charge in [0.15, 0.2) is 0 Å². The molecular weight excluding hydrogens is 278 g/mol. The van der Waals surface area contributed by atoms with E-state index in [1.807, 2.05) is 6.20 Å². The number of hydrogen-bond acceptors (Lipinski definition) is 4. The Labute approximate surface area is 133 Å². The quantitative estimate of drug-likeness (QED) is 0.923. The first-order chi connectivity index (χ1) is 9.78. The summed E-state index contributed by atoms with van der Waals surface area (Å²) in [6, 6.07) is 2.82. The molecule has 1 aromatic rings. The lowest BCUT2D eigenvalue weighted by Gasteiger charge is -2.40. The van der Waals surface area contributed by atoms with Gasteiger partial charge in [-0.25, -0.2) is 0 Å². The zero-order valence-corrected chi connectivity index (χ0v) is 15.0. The molecule has 1 aliphatic rings. The van der Waals surface area contributed by atoms with Crippen LogP contribution in [-0.2, 0) is 6.54 Å². The second-order valence-electron chi connectivity index (χ2n) is 7.07. The molecule has 3 nitrogen and oxygen atoms in total. The predicted octanol–water partition coefficient (Wildman–Crippen LogP) is 3.61. The zero-order chi connectivity index (χ0) is 15.6. The van der Waals surface area contributed by atoms with E-state index in [9.17, 15) is 0 Å². The molecule has 118 valence electrons. The fourth-order valence-corrected chi connectivity index (χ4v) is 3.71. The van der Waals surface area contributed by atoms with Gasteiger partial charge in [-0.1, -0.05) is 6.92 Å². The van der Waals surface area contributed by atoms with Crippen LogP contribution in [0.15, 0.2) is 12.3 Å². The van der Waals surface area contributed by atoms with Crippen LogP contribution in [-0.4, -0.2) is 34.1 Å². The summed E-state index contributed by atoms with van der Waals surface area (Å²) in [5.74, 6) is 1.21. The molecule has 2 atom stereocenters. The Morgan fingerprint density at radius 3 is 2.76 bits per heavy atom. The van der Waals surface area contributed by atoms with Gasteiger partial charge >= 0.3 is 0 Å². The Balaban J connectivity index is 2.26. The molecule has 0 bridgehead atoms. The van der Waals surface area contributed by atoms with Crippen molar-refractivity contribution >= 4 is 17.4 Å². The Bertz CT molecular complexity index is 481. The normalized spacial score (nSPS) is 23.4. The Kier molecular flexibility index (Phi) is 5.20. The molecule has 2 rings (SSSR count). The van der Waals surface area contributed by atoms with Gasteiger partial charge in [0.25, 0.3) is 0 Å². The van der Waals surface area contributed by atoms with Crippen molar-refractivity contribution in [1.29, 1.82) is 0 Å². The predicted molar refractivity (Wildman–Crippen MR) is 94.3 cm³/mol. The van der Waals surface area contributed by atoms with Crippen molar-refractivity contribution < 1.29 is 0 Å². The van der Waals surface area contributed by atoms with Gasteiger partial charge in [-0.05, 0) is 40.7 Å². The number of thioether (sulfide) groups is 1. The van der Waals surface area contributed by atoms with Gasteiger partial charge in [-0.15, -0.1) is 0 Å². The SMILES string of the molecule is Cc1cc(N2CCSC(C)C2C)c(CNC(C)(C)C)cn1.